The lowest BCUT2D eigenvalue weighted by molar-refractivity contribution is 0.213. The monoisotopic (exact) mass is 342 g/mol. The van der Waals surface area contributed by atoms with Crippen LogP contribution in [0.5, 0.6) is 0 Å². The first-order chi connectivity index (χ1) is 10.1. The molecule has 0 aliphatic heterocycles. The lowest BCUT2D eigenvalue weighted by Gasteiger charge is -2.26. The molecule has 120 valence electrons. The third-order valence-electron chi connectivity index (χ3n) is 4.06. The summed E-state index contributed by atoms with van der Waals surface area (Å²) in [6.07, 6.45) is 4.09. The average Bonchev–Trinajstić information content (AvgIpc) is 3.25. The van der Waals surface area contributed by atoms with Crippen LogP contribution in [-0.4, -0.2) is 33.9 Å². The minimum absolute atomic E-state index is 0. The predicted octanol–water partition coefficient (Wildman–Crippen LogP) is 1.94. The van der Waals surface area contributed by atoms with E-state index in [1.54, 1.807) is 24.4 Å². The molecule has 0 amide bonds. The number of fused-ring (bicyclic) bond motifs is 1. The van der Waals surface area contributed by atoms with Crippen LogP contribution >= 0.6 is 24.0 Å². The van der Waals surface area contributed by atoms with Crippen molar-refractivity contribution in [3.63, 3.8) is 0 Å². The van der Waals surface area contributed by atoms with Crippen LogP contribution in [0.1, 0.15) is 18.5 Å². The van der Waals surface area contributed by atoms with Crippen LogP contribution < -0.4 is 11.3 Å². The fourth-order valence-corrected chi connectivity index (χ4v) is 2.95. The van der Waals surface area contributed by atoms with Crippen LogP contribution in [0, 0.1) is 5.92 Å². The average molecular weight is 343 g/mol. The Balaban J connectivity index is 0.00000176. The molecular weight excluding hydrogens is 323 g/mol. The van der Waals surface area contributed by atoms with Crippen molar-refractivity contribution < 1.29 is 0 Å². The van der Waals surface area contributed by atoms with E-state index >= 15 is 0 Å². The smallest absolute Gasteiger partial charge is 0.258 e. The normalized spacial score (nSPS) is 15.8. The second kappa shape index (κ2) is 6.96. The minimum atomic E-state index is -0.110. The molecule has 0 aromatic carbocycles. The van der Waals surface area contributed by atoms with Gasteiger partial charge in [0.1, 0.15) is 5.65 Å². The number of halogens is 2. The van der Waals surface area contributed by atoms with E-state index in [9.17, 15) is 4.79 Å². The molecule has 1 aliphatic carbocycles. The van der Waals surface area contributed by atoms with Gasteiger partial charge in [0.25, 0.3) is 5.56 Å². The molecule has 2 aromatic rings. The molecule has 2 aromatic heterocycles. The van der Waals surface area contributed by atoms with Crippen molar-refractivity contribution >= 4 is 29.7 Å². The number of aromatic nitrogens is 2. The van der Waals surface area contributed by atoms with Gasteiger partial charge in [0.05, 0.1) is 10.7 Å². The van der Waals surface area contributed by atoms with E-state index < -0.39 is 0 Å². The number of hydrogen-bond donors (Lipinski definition) is 1. The largest absolute Gasteiger partial charge is 0.329 e. The standard InChI is InChI=1S/C15H19ClN4O.ClH/c1-19(13(7-17)10-2-3-10)9-12-6-15(21)20-8-11(16)4-5-14(20)18-12;/h4-6,8,10,13H,2-3,7,9,17H2,1H3;1H. The van der Waals surface area contributed by atoms with Crippen molar-refractivity contribution in [1.82, 2.24) is 14.3 Å². The molecule has 2 N–H and O–H groups in total. The van der Waals surface area contributed by atoms with Crippen molar-refractivity contribution in [2.24, 2.45) is 11.7 Å². The second-order valence-electron chi connectivity index (χ2n) is 5.72. The van der Waals surface area contributed by atoms with Crippen LogP contribution in [0.4, 0.5) is 0 Å². The summed E-state index contributed by atoms with van der Waals surface area (Å²) >= 11 is 5.91. The third-order valence-corrected chi connectivity index (χ3v) is 4.29. The highest BCUT2D eigenvalue weighted by atomic mass is 35.5. The van der Waals surface area contributed by atoms with Crippen LogP contribution in [0.3, 0.4) is 0 Å². The van der Waals surface area contributed by atoms with E-state index in [-0.39, 0.29) is 18.0 Å². The molecule has 0 bridgehead atoms. The Kier molecular flexibility index (Phi) is 5.45. The van der Waals surface area contributed by atoms with Crippen molar-refractivity contribution in [3.05, 3.63) is 45.5 Å². The molecule has 1 fully saturated rings. The maximum Gasteiger partial charge on any atom is 0.258 e. The molecule has 1 saturated carbocycles. The van der Waals surface area contributed by atoms with Gasteiger partial charge in [-0.05, 0) is 37.9 Å². The molecule has 3 rings (SSSR count). The maximum atomic E-state index is 12.1. The van der Waals surface area contributed by atoms with Gasteiger partial charge in [-0.2, -0.15) is 0 Å². The van der Waals surface area contributed by atoms with E-state index in [1.165, 1.54) is 17.2 Å². The van der Waals surface area contributed by atoms with E-state index in [4.69, 9.17) is 17.3 Å². The number of nitrogens with zero attached hydrogens (tertiary/aromatic N) is 3. The number of nitrogens with two attached hydrogens (primary N) is 1. The highest BCUT2D eigenvalue weighted by molar-refractivity contribution is 6.30. The van der Waals surface area contributed by atoms with Crippen molar-refractivity contribution in [3.8, 4) is 0 Å². The fourth-order valence-electron chi connectivity index (χ4n) is 2.79. The van der Waals surface area contributed by atoms with Gasteiger partial charge >= 0.3 is 0 Å². The first kappa shape index (κ1) is 17.2. The Bertz CT molecular complexity index is 714. The van der Waals surface area contributed by atoms with Crippen LogP contribution in [-0.2, 0) is 6.54 Å². The quantitative estimate of drug-likeness (QED) is 0.901. The van der Waals surface area contributed by atoms with E-state index in [1.807, 2.05) is 7.05 Å². The molecule has 0 saturated heterocycles. The zero-order chi connectivity index (χ0) is 15.0. The SMILES string of the molecule is CN(Cc1cc(=O)n2cc(Cl)ccc2n1)C(CN)C1CC1.Cl. The van der Waals surface area contributed by atoms with Gasteiger partial charge in [0.2, 0.25) is 0 Å². The number of pyridine rings is 1. The number of rotatable bonds is 5. The molecule has 5 nitrogen and oxygen atoms in total. The Morgan fingerprint density at radius 1 is 1.50 bits per heavy atom. The molecule has 1 atom stereocenters. The number of hydrogen-bond acceptors (Lipinski definition) is 4. The topological polar surface area (TPSA) is 63.6 Å². The van der Waals surface area contributed by atoms with Crippen molar-refractivity contribution in [1.29, 1.82) is 0 Å². The van der Waals surface area contributed by atoms with Crippen LogP contribution in [0.15, 0.2) is 29.2 Å². The molecule has 7 heteroatoms. The van der Waals surface area contributed by atoms with Gasteiger partial charge in [0.15, 0.2) is 0 Å². The minimum Gasteiger partial charge on any atom is -0.329 e. The van der Waals surface area contributed by atoms with E-state index in [0.717, 1.165) is 5.69 Å². The summed E-state index contributed by atoms with van der Waals surface area (Å²) in [7, 11) is 2.04. The maximum absolute atomic E-state index is 12.1. The summed E-state index contributed by atoms with van der Waals surface area (Å²) in [6, 6.07) is 5.44. The highest BCUT2D eigenvalue weighted by Crippen LogP contribution is 2.34. The Morgan fingerprint density at radius 3 is 2.86 bits per heavy atom. The van der Waals surface area contributed by atoms with Crippen LogP contribution in [0.25, 0.3) is 5.65 Å². The first-order valence-electron chi connectivity index (χ1n) is 7.16. The number of likely N-dealkylation sites (N-methyl/N-ethyl adjacent to an activating group) is 1. The van der Waals surface area contributed by atoms with Gasteiger partial charge in [-0.15, -0.1) is 12.4 Å². The first-order valence-corrected chi connectivity index (χ1v) is 7.54. The Labute approximate surface area is 140 Å². The summed E-state index contributed by atoms with van der Waals surface area (Å²) in [4.78, 5) is 18.9. The van der Waals surface area contributed by atoms with Crippen molar-refractivity contribution in [2.75, 3.05) is 13.6 Å². The van der Waals surface area contributed by atoms with E-state index in [2.05, 4.69) is 9.88 Å². The summed E-state index contributed by atoms with van der Waals surface area (Å²) < 4.78 is 1.47. The van der Waals surface area contributed by atoms with Gasteiger partial charge in [-0.3, -0.25) is 14.1 Å². The summed E-state index contributed by atoms with van der Waals surface area (Å²) in [5.41, 5.74) is 7.14. The van der Waals surface area contributed by atoms with Gasteiger partial charge < -0.3 is 5.73 Å². The molecule has 0 radical (unpaired) electrons. The zero-order valence-electron chi connectivity index (χ0n) is 12.4. The fraction of sp³-hybridized carbons (Fsp3) is 0.467. The van der Waals surface area contributed by atoms with Crippen LogP contribution in [0.2, 0.25) is 5.02 Å². The third kappa shape index (κ3) is 3.60. The van der Waals surface area contributed by atoms with E-state index in [0.29, 0.717) is 35.7 Å². The summed E-state index contributed by atoms with van der Waals surface area (Å²) in [6.45, 7) is 1.27. The highest BCUT2D eigenvalue weighted by Gasteiger charge is 2.32. The van der Waals surface area contributed by atoms with Gasteiger partial charge in [0, 0.05) is 31.4 Å². The molecular formula is C15H20Cl2N4O. The lowest BCUT2D eigenvalue weighted by atomic mass is 10.1. The van der Waals surface area contributed by atoms with Gasteiger partial charge in [-0.25, -0.2) is 4.98 Å². The molecule has 1 unspecified atom stereocenters. The molecule has 0 spiro atoms. The second-order valence-corrected chi connectivity index (χ2v) is 6.15. The zero-order valence-corrected chi connectivity index (χ0v) is 14.0. The Morgan fingerprint density at radius 2 is 2.23 bits per heavy atom. The van der Waals surface area contributed by atoms with Gasteiger partial charge in [-0.1, -0.05) is 11.6 Å². The van der Waals surface area contributed by atoms with Crippen molar-refractivity contribution in [2.45, 2.75) is 25.4 Å². The summed E-state index contributed by atoms with van der Waals surface area (Å²) in [5.74, 6) is 0.695. The summed E-state index contributed by atoms with van der Waals surface area (Å²) in [5, 5.41) is 0.521. The lowest BCUT2D eigenvalue weighted by Crippen LogP contribution is -2.39. The predicted molar refractivity (Wildman–Crippen MR) is 90.8 cm³/mol. The Hall–Kier alpha value is -1.14. The molecule has 22 heavy (non-hydrogen) atoms. The molecule has 2 heterocycles. The molecule has 1 aliphatic rings.